The summed E-state index contributed by atoms with van der Waals surface area (Å²) in [4.78, 5) is 18.3. The lowest BCUT2D eigenvalue weighted by atomic mass is 10.2. The highest BCUT2D eigenvalue weighted by Gasteiger charge is 2.12. The fraction of sp³-hybridized carbons (Fsp3) is 0. The van der Waals surface area contributed by atoms with Crippen molar-refractivity contribution in [3.8, 4) is 0 Å². The number of hydrogen-bond donors (Lipinski definition) is 1. The number of hydrogen-bond acceptors (Lipinski definition) is 3. The monoisotopic (exact) mass is 286 g/mol. The number of benzene rings is 1. The molecular weight excluding hydrogens is 283 g/mol. The molecule has 0 saturated heterocycles. The predicted molar refractivity (Wildman–Crippen MR) is 59.2 cm³/mol. The van der Waals surface area contributed by atoms with Crippen molar-refractivity contribution in [2.24, 2.45) is 0 Å². The van der Waals surface area contributed by atoms with Crippen LogP contribution in [0.1, 0.15) is 10.6 Å². The van der Waals surface area contributed by atoms with E-state index in [1.54, 1.807) is 18.2 Å². The fourth-order valence-electron chi connectivity index (χ4n) is 1.18. The maximum Gasteiger partial charge on any atom is 0.374 e. The van der Waals surface area contributed by atoms with Crippen LogP contribution in [-0.2, 0) is 0 Å². The van der Waals surface area contributed by atoms with E-state index in [-0.39, 0.29) is 11.0 Å². The van der Waals surface area contributed by atoms with Crippen molar-refractivity contribution in [3.05, 3.63) is 33.6 Å². The van der Waals surface area contributed by atoms with Crippen LogP contribution in [-0.4, -0.2) is 21.0 Å². The molecule has 0 atom stereocenters. The van der Waals surface area contributed by atoms with Crippen LogP contribution in [0, 0.1) is 0 Å². The third-order valence-corrected chi connectivity index (χ3v) is 2.75. The van der Waals surface area contributed by atoms with Crippen LogP contribution in [0.4, 0.5) is 0 Å². The molecule has 2 aromatic rings. The Balaban J connectivity index is 2.85. The van der Waals surface area contributed by atoms with Crippen LogP contribution in [0.15, 0.2) is 22.7 Å². The Morgan fingerprint density at radius 2 is 2.13 bits per heavy atom. The van der Waals surface area contributed by atoms with Gasteiger partial charge in [0, 0.05) is 9.86 Å². The largest absolute Gasteiger partial charge is 0.475 e. The normalized spacial score (nSPS) is 10.5. The van der Waals surface area contributed by atoms with Crippen LogP contribution in [0.3, 0.4) is 0 Å². The summed E-state index contributed by atoms with van der Waals surface area (Å²) in [6.07, 6.45) is 0. The number of aromatic nitrogens is 2. The standard InChI is InChI=1S/C9H4BrClN2O2/c10-5-3-1-2-4-6(5)12-8(9(14)15)13-7(4)11/h1-3H,(H,14,15). The smallest absolute Gasteiger partial charge is 0.374 e. The van der Waals surface area contributed by atoms with E-state index in [1.165, 1.54) is 0 Å². The van der Waals surface area contributed by atoms with Crippen molar-refractivity contribution in [1.82, 2.24) is 9.97 Å². The van der Waals surface area contributed by atoms with E-state index in [0.29, 0.717) is 15.4 Å². The number of nitrogens with zero attached hydrogens (tertiary/aromatic N) is 2. The van der Waals surface area contributed by atoms with Gasteiger partial charge in [0.05, 0.1) is 5.52 Å². The first-order chi connectivity index (χ1) is 7.09. The van der Waals surface area contributed by atoms with Crippen LogP contribution >= 0.6 is 27.5 Å². The van der Waals surface area contributed by atoms with Gasteiger partial charge in [-0.2, -0.15) is 0 Å². The molecule has 0 saturated carbocycles. The van der Waals surface area contributed by atoms with Crippen LogP contribution in [0.5, 0.6) is 0 Å². The Hall–Kier alpha value is -1.20. The minimum Gasteiger partial charge on any atom is -0.475 e. The minimum absolute atomic E-state index is 0.138. The summed E-state index contributed by atoms with van der Waals surface area (Å²) in [6.45, 7) is 0. The number of halogens is 2. The van der Waals surface area contributed by atoms with E-state index >= 15 is 0 Å². The molecule has 0 aliphatic carbocycles. The average molecular weight is 288 g/mol. The molecule has 0 spiro atoms. The van der Waals surface area contributed by atoms with Gasteiger partial charge in [0.1, 0.15) is 5.15 Å². The van der Waals surface area contributed by atoms with Gasteiger partial charge < -0.3 is 5.11 Å². The first-order valence-electron chi connectivity index (χ1n) is 3.94. The van der Waals surface area contributed by atoms with Gasteiger partial charge in [-0.15, -0.1) is 0 Å². The molecule has 0 radical (unpaired) electrons. The molecule has 0 amide bonds. The maximum absolute atomic E-state index is 10.7. The molecule has 0 aliphatic rings. The number of fused-ring (bicyclic) bond motifs is 1. The van der Waals surface area contributed by atoms with Gasteiger partial charge in [-0.3, -0.25) is 0 Å². The Kier molecular flexibility index (Phi) is 2.58. The lowest BCUT2D eigenvalue weighted by Crippen LogP contribution is -2.04. The molecule has 0 bridgehead atoms. The Bertz CT molecular complexity index is 559. The Morgan fingerprint density at radius 1 is 1.40 bits per heavy atom. The molecule has 15 heavy (non-hydrogen) atoms. The second-order valence-corrected chi connectivity index (χ2v) is 3.99. The van der Waals surface area contributed by atoms with E-state index < -0.39 is 5.97 Å². The third kappa shape index (κ3) is 1.80. The molecule has 0 fully saturated rings. The van der Waals surface area contributed by atoms with Crippen molar-refractivity contribution in [2.75, 3.05) is 0 Å². The van der Waals surface area contributed by atoms with Crippen LogP contribution < -0.4 is 0 Å². The second kappa shape index (κ2) is 3.75. The van der Waals surface area contributed by atoms with Crippen molar-refractivity contribution in [2.45, 2.75) is 0 Å². The minimum atomic E-state index is -1.20. The summed E-state index contributed by atoms with van der Waals surface area (Å²) in [5.74, 6) is -1.51. The molecule has 1 aromatic carbocycles. The summed E-state index contributed by atoms with van der Waals surface area (Å²) in [6, 6.07) is 5.27. The van der Waals surface area contributed by atoms with E-state index in [0.717, 1.165) is 0 Å². The van der Waals surface area contributed by atoms with Gasteiger partial charge in [0.25, 0.3) is 0 Å². The number of rotatable bonds is 1. The Morgan fingerprint density at radius 3 is 2.80 bits per heavy atom. The highest BCUT2D eigenvalue weighted by Crippen LogP contribution is 2.26. The first-order valence-corrected chi connectivity index (χ1v) is 5.12. The lowest BCUT2D eigenvalue weighted by molar-refractivity contribution is 0.0684. The zero-order valence-electron chi connectivity index (χ0n) is 7.24. The Labute approximate surface area is 98.0 Å². The molecule has 76 valence electrons. The third-order valence-electron chi connectivity index (χ3n) is 1.82. The zero-order valence-corrected chi connectivity index (χ0v) is 9.58. The SMILES string of the molecule is O=C(O)c1nc(Cl)c2cccc(Br)c2n1. The maximum atomic E-state index is 10.7. The van der Waals surface area contributed by atoms with E-state index in [1.807, 2.05) is 0 Å². The second-order valence-electron chi connectivity index (χ2n) is 2.78. The molecule has 1 N–H and O–H groups in total. The summed E-state index contributed by atoms with van der Waals surface area (Å²) < 4.78 is 0.687. The number of carboxylic acid groups (broad SMARTS) is 1. The fourth-order valence-corrected chi connectivity index (χ4v) is 1.86. The summed E-state index contributed by atoms with van der Waals surface area (Å²) in [7, 11) is 0. The summed E-state index contributed by atoms with van der Waals surface area (Å²) in [5, 5.41) is 9.52. The molecule has 1 aromatic heterocycles. The molecular formula is C9H4BrClN2O2. The molecule has 4 nitrogen and oxygen atoms in total. The number of carboxylic acids is 1. The highest BCUT2D eigenvalue weighted by molar-refractivity contribution is 9.10. The van der Waals surface area contributed by atoms with Crippen molar-refractivity contribution < 1.29 is 9.90 Å². The summed E-state index contributed by atoms with van der Waals surface area (Å²) in [5.41, 5.74) is 0.495. The van der Waals surface area contributed by atoms with Crippen LogP contribution in [0.2, 0.25) is 5.15 Å². The summed E-state index contributed by atoms with van der Waals surface area (Å²) >= 11 is 9.12. The van der Waals surface area contributed by atoms with Gasteiger partial charge in [0.15, 0.2) is 0 Å². The number of aromatic carboxylic acids is 1. The quantitative estimate of drug-likeness (QED) is 0.819. The van der Waals surface area contributed by atoms with Gasteiger partial charge in [0.2, 0.25) is 5.82 Å². The van der Waals surface area contributed by atoms with Crippen molar-refractivity contribution in [1.29, 1.82) is 0 Å². The topological polar surface area (TPSA) is 63.1 Å². The first kappa shape index (κ1) is 10.3. The molecule has 6 heteroatoms. The van der Waals surface area contributed by atoms with Gasteiger partial charge >= 0.3 is 5.97 Å². The zero-order chi connectivity index (χ0) is 11.0. The molecule has 2 rings (SSSR count). The number of para-hydroxylation sites is 1. The van der Waals surface area contributed by atoms with Gasteiger partial charge in [-0.25, -0.2) is 14.8 Å². The lowest BCUT2D eigenvalue weighted by Gasteiger charge is -2.02. The number of carbonyl (C=O) groups is 1. The predicted octanol–water partition coefficient (Wildman–Crippen LogP) is 2.74. The van der Waals surface area contributed by atoms with Gasteiger partial charge in [-0.05, 0) is 28.1 Å². The van der Waals surface area contributed by atoms with E-state index in [4.69, 9.17) is 16.7 Å². The molecule has 1 heterocycles. The molecule has 0 unspecified atom stereocenters. The van der Waals surface area contributed by atoms with E-state index in [2.05, 4.69) is 25.9 Å². The van der Waals surface area contributed by atoms with Crippen molar-refractivity contribution >= 4 is 44.4 Å². The van der Waals surface area contributed by atoms with Crippen molar-refractivity contribution in [3.63, 3.8) is 0 Å². The van der Waals surface area contributed by atoms with Gasteiger partial charge in [-0.1, -0.05) is 17.7 Å². The van der Waals surface area contributed by atoms with Crippen LogP contribution in [0.25, 0.3) is 10.9 Å². The average Bonchev–Trinajstić information content (AvgIpc) is 2.19. The highest BCUT2D eigenvalue weighted by atomic mass is 79.9. The molecule has 0 aliphatic heterocycles. The van der Waals surface area contributed by atoms with E-state index in [9.17, 15) is 4.79 Å².